The Kier molecular flexibility index (Phi) is 6.26. The summed E-state index contributed by atoms with van der Waals surface area (Å²) in [5, 5.41) is 8.35. The number of nitrogens with two attached hydrogens (primary N) is 1. The van der Waals surface area contributed by atoms with Gasteiger partial charge in [0.05, 0.1) is 30.6 Å². The second-order valence-corrected chi connectivity index (χ2v) is 6.15. The van der Waals surface area contributed by atoms with Crippen LogP contribution in [-0.2, 0) is 11.3 Å². The lowest BCUT2D eigenvalue weighted by molar-refractivity contribution is -0.114. The van der Waals surface area contributed by atoms with Crippen LogP contribution in [0.5, 0.6) is 0 Å². The normalized spacial score (nSPS) is 10.2. The monoisotopic (exact) mass is 392 g/mol. The van der Waals surface area contributed by atoms with Gasteiger partial charge in [-0.2, -0.15) is 0 Å². The van der Waals surface area contributed by atoms with Crippen LogP contribution in [0.3, 0.4) is 0 Å². The van der Waals surface area contributed by atoms with E-state index in [0.717, 1.165) is 0 Å². The predicted molar refractivity (Wildman–Crippen MR) is 108 cm³/mol. The van der Waals surface area contributed by atoms with Crippen LogP contribution in [0.25, 0.3) is 0 Å². The first-order valence-electron chi connectivity index (χ1n) is 8.86. The van der Waals surface area contributed by atoms with Gasteiger partial charge in [-0.3, -0.25) is 14.4 Å². The number of amides is 3. The van der Waals surface area contributed by atoms with Gasteiger partial charge in [0.15, 0.2) is 0 Å². The SMILES string of the molecule is NC(=O)c1ccccc1NC(=O)CNc1cccc(C(=O)NCc2ccco2)c1. The van der Waals surface area contributed by atoms with Crippen LogP contribution in [0, 0.1) is 0 Å². The van der Waals surface area contributed by atoms with Gasteiger partial charge >= 0.3 is 0 Å². The third kappa shape index (κ3) is 5.46. The topological polar surface area (TPSA) is 126 Å². The zero-order valence-electron chi connectivity index (χ0n) is 15.5. The lowest BCUT2D eigenvalue weighted by Crippen LogP contribution is -2.24. The molecule has 0 bridgehead atoms. The number of anilines is 2. The first-order chi connectivity index (χ1) is 14.0. The molecule has 2 aromatic carbocycles. The lowest BCUT2D eigenvalue weighted by Gasteiger charge is -2.11. The van der Waals surface area contributed by atoms with E-state index in [9.17, 15) is 14.4 Å². The van der Waals surface area contributed by atoms with Crippen LogP contribution in [0.4, 0.5) is 11.4 Å². The molecular weight excluding hydrogens is 372 g/mol. The number of carbonyl (C=O) groups excluding carboxylic acids is 3. The van der Waals surface area contributed by atoms with Gasteiger partial charge in [-0.25, -0.2) is 0 Å². The van der Waals surface area contributed by atoms with Gasteiger partial charge in [0.25, 0.3) is 11.8 Å². The molecule has 29 heavy (non-hydrogen) atoms. The summed E-state index contributed by atoms with van der Waals surface area (Å²) < 4.78 is 5.18. The van der Waals surface area contributed by atoms with Crippen molar-refractivity contribution in [2.24, 2.45) is 5.73 Å². The molecule has 3 aromatic rings. The Morgan fingerprint density at radius 1 is 0.966 bits per heavy atom. The van der Waals surface area contributed by atoms with E-state index >= 15 is 0 Å². The van der Waals surface area contributed by atoms with Crippen molar-refractivity contribution >= 4 is 29.1 Å². The molecule has 1 aromatic heterocycles. The maximum absolute atomic E-state index is 12.3. The minimum absolute atomic E-state index is 0.0510. The minimum atomic E-state index is -0.623. The average molecular weight is 392 g/mol. The zero-order valence-corrected chi connectivity index (χ0v) is 15.5. The molecule has 0 spiro atoms. The summed E-state index contributed by atoms with van der Waals surface area (Å²) in [6, 6.07) is 16.8. The fourth-order valence-corrected chi connectivity index (χ4v) is 2.64. The van der Waals surface area contributed by atoms with Gasteiger partial charge in [0.1, 0.15) is 5.76 Å². The van der Waals surface area contributed by atoms with Crippen molar-refractivity contribution in [1.82, 2.24) is 5.32 Å². The number of para-hydroxylation sites is 1. The molecule has 5 N–H and O–H groups in total. The molecule has 0 aliphatic heterocycles. The highest BCUT2D eigenvalue weighted by molar-refractivity contribution is 6.03. The molecule has 0 fully saturated rings. The first kappa shape index (κ1) is 19.7. The molecule has 8 heteroatoms. The van der Waals surface area contributed by atoms with E-state index in [2.05, 4.69) is 16.0 Å². The van der Waals surface area contributed by atoms with Crippen LogP contribution >= 0.6 is 0 Å². The maximum Gasteiger partial charge on any atom is 0.251 e. The summed E-state index contributed by atoms with van der Waals surface area (Å²) >= 11 is 0. The summed E-state index contributed by atoms with van der Waals surface area (Å²) in [4.78, 5) is 35.9. The van der Waals surface area contributed by atoms with Crippen molar-refractivity contribution in [3.8, 4) is 0 Å². The predicted octanol–water partition coefficient (Wildman–Crippen LogP) is 2.36. The molecule has 3 rings (SSSR count). The summed E-state index contributed by atoms with van der Waals surface area (Å²) in [6.45, 7) is 0.232. The second-order valence-electron chi connectivity index (χ2n) is 6.15. The zero-order chi connectivity index (χ0) is 20.6. The minimum Gasteiger partial charge on any atom is -0.467 e. The summed E-state index contributed by atoms with van der Waals surface area (Å²) in [7, 11) is 0. The van der Waals surface area contributed by atoms with E-state index in [4.69, 9.17) is 10.2 Å². The molecule has 148 valence electrons. The third-order valence-corrected chi connectivity index (χ3v) is 4.05. The van der Waals surface area contributed by atoms with Gasteiger partial charge in [0, 0.05) is 11.3 Å². The molecule has 3 amide bonds. The Morgan fingerprint density at radius 3 is 2.55 bits per heavy atom. The molecule has 8 nitrogen and oxygen atoms in total. The van der Waals surface area contributed by atoms with E-state index in [1.165, 1.54) is 6.07 Å². The fraction of sp³-hybridized carbons (Fsp3) is 0.0952. The molecule has 1 heterocycles. The molecule has 0 saturated heterocycles. The quantitative estimate of drug-likeness (QED) is 0.468. The molecule has 0 aliphatic rings. The van der Waals surface area contributed by atoms with Crippen LogP contribution in [-0.4, -0.2) is 24.3 Å². The summed E-state index contributed by atoms with van der Waals surface area (Å²) in [5.74, 6) is -0.584. The number of carbonyl (C=O) groups is 3. The highest BCUT2D eigenvalue weighted by Crippen LogP contribution is 2.15. The Hall–Kier alpha value is -4.07. The molecular formula is C21H20N4O4. The molecule has 0 atom stereocenters. The Balaban J connectivity index is 1.55. The van der Waals surface area contributed by atoms with Gasteiger partial charge in [-0.05, 0) is 42.5 Å². The Labute approximate surface area is 167 Å². The number of primary amides is 1. The van der Waals surface area contributed by atoms with E-state index in [-0.39, 0.29) is 30.5 Å². The van der Waals surface area contributed by atoms with Gasteiger partial charge < -0.3 is 26.1 Å². The van der Waals surface area contributed by atoms with Crippen molar-refractivity contribution in [3.63, 3.8) is 0 Å². The highest BCUT2D eigenvalue weighted by Gasteiger charge is 2.11. The number of hydrogen-bond donors (Lipinski definition) is 4. The van der Waals surface area contributed by atoms with Crippen molar-refractivity contribution in [2.45, 2.75) is 6.54 Å². The summed E-state index contributed by atoms with van der Waals surface area (Å²) in [6.07, 6.45) is 1.54. The van der Waals surface area contributed by atoms with Crippen LogP contribution < -0.4 is 21.7 Å². The highest BCUT2D eigenvalue weighted by atomic mass is 16.3. The van der Waals surface area contributed by atoms with Crippen molar-refractivity contribution in [2.75, 3.05) is 17.2 Å². The van der Waals surface area contributed by atoms with E-state index in [0.29, 0.717) is 22.7 Å². The Bertz CT molecular complexity index is 1020. The molecule has 0 radical (unpaired) electrons. The van der Waals surface area contributed by atoms with Crippen LogP contribution in [0.1, 0.15) is 26.5 Å². The third-order valence-electron chi connectivity index (χ3n) is 4.05. The van der Waals surface area contributed by atoms with E-state index < -0.39 is 5.91 Å². The van der Waals surface area contributed by atoms with Crippen molar-refractivity contribution in [1.29, 1.82) is 0 Å². The standard InChI is InChI=1S/C21H20N4O4/c22-20(27)17-8-1-2-9-18(17)25-19(26)13-23-15-6-3-5-14(11-15)21(28)24-12-16-7-4-10-29-16/h1-11,23H,12-13H2,(H2,22,27)(H,24,28)(H,25,26). The number of benzene rings is 2. The first-order valence-corrected chi connectivity index (χ1v) is 8.86. The second kappa shape index (κ2) is 9.23. The van der Waals surface area contributed by atoms with Crippen molar-refractivity contribution in [3.05, 3.63) is 83.8 Å². The number of hydrogen-bond acceptors (Lipinski definition) is 5. The molecule has 0 unspecified atom stereocenters. The number of furan rings is 1. The van der Waals surface area contributed by atoms with Gasteiger partial charge in [-0.1, -0.05) is 18.2 Å². The largest absolute Gasteiger partial charge is 0.467 e. The van der Waals surface area contributed by atoms with Gasteiger partial charge in [0.2, 0.25) is 5.91 Å². The van der Waals surface area contributed by atoms with E-state index in [1.807, 2.05) is 0 Å². The maximum atomic E-state index is 12.3. The average Bonchev–Trinajstić information content (AvgIpc) is 3.24. The number of nitrogens with one attached hydrogen (secondary N) is 3. The van der Waals surface area contributed by atoms with Gasteiger partial charge in [-0.15, -0.1) is 0 Å². The smallest absolute Gasteiger partial charge is 0.251 e. The van der Waals surface area contributed by atoms with E-state index in [1.54, 1.807) is 60.9 Å². The van der Waals surface area contributed by atoms with Crippen LogP contribution in [0.2, 0.25) is 0 Å². The molecule has 0 aliphatic carbocycles. The van der Waals surface area contributed by atoms with Crippen LogP contribution in [0.15, 0.2) is 71.3 Å². The summed E-state index contributed by atoms with van der Waals surface area (Å²) in [5.41, 5.74) is 6.93. The lowest BCUT2D eigenvalue weighted by atomic mass is 10.1. The fourth-order valence-electron chi connectivity index (χ4n) is 2.64. The Morgan fingerprint density at radius 2 is 1.79 bits per heavy atom. The number of rotatable bonds is 8. The molecule has 0 saturated carbocycles. The van der Waals surface area contributed by atoms with Crippen molar-refractivity contribution < 1.29 is 18.8 Å².